The number of hydrogen-bond donors (Lipinski definition) is 0. The van der Waals surface area contributed by atoms with Crippen LogP contribution in [-0.2, 0) is 4.74 Å². The van der Waals surface area contributed by atoms with Crippen LogP contribution in [0.25, 0.3) is 0 Å². The van der Waals surface area contributed by atoms with E-state index in [2.05, 4.69) is 0 Å². The minimum Gasteiger partial charge on any atom is -0.367 e. The molecular weight excluding hydrogens is 304 g/mol. The van der Waals surface area contributed by atoms with Crippen molar-refractivity contribution in [2.75, 3.05) is 19.0 Å². The lowest BCUT2D eigenvalue weighted by Crippen LogP contribution is -2.55. The van der Waals surface area contributed by atoms with Crippen LogP contribution in [0.2, 0.25) is 5.02 Å². The summed E-state index contributed by atoms with van der Waals surface area (Å²) in [6, 6.07) is 4.20. The maximum atomic E-state index is 13.8. The Morgan fingerprint density at radius 1 is 1.55 bits per heavy atom. The number of morpholine rings is 1. The standard InChI is InChI=1S/C14H16Cl2FNO2/c1-14(2)8-18(7-9(6-15)20-14)13(19)12-10(16)4-3-5-11(12)17/h3-5,9H,6-8H2,1-2H3. The Bertz CT molecular complexity index is 502. The number of ether oxygens (including phenoxy) is 1. The molecule has 1 unspecified atom stereocenters. The lowest BCUT2D eigenvalue weighted by Gasteiger charge is -2.42. The lowest BCUT2D eigenvalue weighted by molar-refractivity contribution is -0.117. The van der Waals surface area contributed by atoms with Crippen molar-refractivity contribution in [2.45, 2.75) is 25.6 Å². The van der Waals surface area contributed by atoms with E-state index in [4.69, 9.17) is 27.9 Å². The smallest absolute Gasteiger partial charge is 0.258 e. The van der Waals surface area contributed by atoms with Crippen molar-refractivity contribution in [3.8, 4) is 0 Å². The van der Waals surface area contributed by atoms with Crippen LogP contribution in [0, 0.1) is 5.82 Å². The molecule has 1 aromatic rings. The second-order valence-electron chi connectivity index (χ2n) is 5.44. The number of carbonyl (C=O) groups is 1. The third-order valence-corrected chi connectivity index (χ3v) is 3.78. The van der Waals surface area contributed by atoms with Gasteiger partial charge >= 0.3 is 0 Å². The summed E-state index contributed by atoms with van der Waals surface area (Å²) in [6.07, 6.45) is -0.269. The number of alkyl halides is 1. The summed E-state index contributed by atoms with van der Waals surface area (Å²) in [4.78, 5) is 14.0. The Morgan fingerprint density at radius 3 is 2.85 bits per heavy atom. The first-order valence-corrected chi connectivity index (χ1v) is 7.22. The Balaban J connectivity index is 2.28. The zero-order chi connectivity index (χ0) is 14.9. The van der Waals surface area contributed by atoms with E-state index in [-0.39, 0.29) is 22.6 Å². The summed E-state index contributed by atoms with van der Waals surface area (Å²) < 4.78 is 19.6. The lowest BCUT2D eigenvalue weighted by atomic mass is 10.0. The molecule has 6 heteroatoms. The van der Waals surface area contributed by atoms with Crippen molar-refractivity contribution >= 4 is 29.1 Å². The molecule has 3 nitrogen and oxygen atoms in total. The molecule has 1 amide bonds. The van der Waals surface area contributed by atoms with Crippen LogP contribution >= 0.6 is 23.2 Å². The Morgan fingerprint density at radius 2 is 2.25 bits per heavy atom. The van der Waals surface area contributed by atoms with E-state index >= 15 is 0 Å². The van der Waals surface area contributed by atoms with Crippen LogP contribution in [0.15, 0.2) is 18.2 Å². The average Bonchev–Trinajstić information content (AvgIpc) is 2.36. The van der Waals surface area contributed by atoms with E-state index in [1.165, 1.54) is 18.2 Å². The molecule has 2 rings (SSSR count). The van der Waals surface area contributed by atoms with Gasteiger partial charge in [0.1, 0.15) is 5.82 Å². The van der Waals surface area contributed by atoms with Gasteiger partial charge in [0.25, 0.3) is 5.91 Å². The maximum Gasteiger partial charge on any atom is 0.258 e. The normalized spacial score (nSPS) is 21.9. The summed E-state index contributed by atoms with van der Waals surface area (Å²) in [5.41, 5.74) is -0.620. The molecule has 1 aliphatic heterocycles. The quantitative estimate of drug-likeness (QED) is 0.782. The molecule has 1 fully saturated rings. The molecule has 0 spiro atoms. The number of rotatable bonds is 2. The monoisotopic (exact) mass is 319 g/mol. The zero-order valence-electron chi connectivity index (χ0n) is 11.3. The molecule has 1 saturated heterocycles. The second kappa shape index (κ2) is 5.88. The Hall–Kier alpha value is -0.840. The molecule has 0 aliphatic carbocycles. The summed E-state index contributed by atoms with van der Waals surface area (Å²) in [5.74, 6) is -0.771. The fraction of sp³-hybridized carbons (Fsp3) is 0.500. The van der Waals surface area contributed by atoms with Gasteiger partial charge in [-0.2, -0.15) is 0 Å². The van der Waals surface area contributed by atoms with Crippen molar-refractivity contribution in [1.29, 1.82) is 0 Å². The fourth-order valence-corrected chi connectivity index (χ4v) is 2.80. The van der Waals surface area contributed by atoms with Crippen molar-refractivity contribution in [3.05, 3.63) is 34.6 Å². The third kappa shape index (κ3) is 3.25. The van der Waals surface area contributed by atoms with Crippen LogP contribution in [0.5, 0.6) is 0 Å². The highest BCUT2D eigenvalue weighted by molar-refractivity contribution is 6.33. The largest absolute Gasteiger partial charge is 0.367 e. The molecule has 0 aromatic heterocycles. The van der Waals surface area contributed by atoms with Crippen LogP contribution < -0.4 is 0 Å². The molecule has 1 aromatic carbocycles. The predicted octanol–water partition coefficient (Wildman–Crippen LogP) is 3.34. The summed E-state index contributed by atoms with van der Waals surface area (Å²) in [6.45, 7) is 4.43. The van der Waals surface area contributed by atoms with Gasteiger partial charge in [0.15, 0.2) is 0 Å². The molecule has 1 aliphatic rings. The van der Waals surface area contributed by atoms with E-state index in [9.17, 15) is 9.18 Å². The van der Waals surface area contributed by atoms with Gasteiger partial charge < -0.3 is 9.64 Å². The van der Waals surface area contributed by atoms with E-state index in [0.29, 0.717) is 13.1 Å². The minimum atomic E-state index is -0.616. The minimum absolute atomic E-state index is 0.0970. The number of carbonyl (C=O) groups excluding carboxylic acids is 1. The average molecular weight is 320 g/mol. The van der Waals surface area contributed by atoms with Crippen LogP contribution in [0.1, 0.15) is 24.2 Å². The topological polar surface area (TPSA) is 29.5 Å². The molecule has 0 N–H and O–H groups in total. The predicted molar refractivity (Wildman–Crippen MR) is 77.0 cm³/mol. The van der Waals surface area contributed by atoms with Crippen LogP contribution in [0.3, 0.4) is 0 Å². The van der Waals surface area contributed by atoms with Gasteiger partial charge in [-0.05, 0) is 26.0 Å². The first-order chi connectivity index (χ1) is 9.34. The highest BCUT2D eigenvalue weighted by atomic mass is 35.5. The number of nitrogens with zero attached hydrogens (tertiary/aromatic N) is 1. The van der Waals surface area contributed by atoms with Crippen molar-refractivity contribution in [1.82, 2.24) is 4.90 Å². The van der Waals surface area contributed by atoms with Gasteiger partial charge in [0.05, 0.1) is 28.2 Å². The fourth-order valence-electron chi connectivity index (χ4n) is 2.39. The summed E-state index contributed by atoms with van der Waals surface area (Å²) >= 11 is 11.8. The molecule has 110 valence electrons. The Labute approximate surface area is 127 Å². The molecule has 20 heavy (non-hydrogen) atoms. The zero-order valence-corrected chi connectivity index (χ0v) is 12.8. The highest BCUT2D eigenvalue weighted by Crippen LogP contribution is 2.26. The number of amides is 1. The van der Waals surface area contributed by atoms with Crippen LogP contribution in [-0.4, -0.2) is 41.5 Å². The number of hydrogen-bond acceptors (Lipinski definition) is 2. The van der Waals surface area contributed by atoms with Gasteiger partial charge in [-0.1, -0.05) is 17.7 Å². The van der Waals surface area contributed by atoms with E-state index in [1.807, 2.05) is 13.8 Å². The SMILES string of the molecule is CC1(C)CN(C(=O)c2c(F)cccc2Cl)CC(CCl)O1. The summed E-state index contributed by atoms with van der Waals surface area (Å²) in [7, 11) is 0. The molecule has 1 heterocycles. The van der Waals surface area contributed by atoms with Crippen LogP contribution in [0.4, 0.5) is 4.39 Å². The first-order valence-electron chi connectivity index (χ1n) is 6.31. The van der Waals surface area contributed by atoms with Crippen molar-refractivity contribution < 1.29 is 13.9 Å². The van der Waals surface area contributed by atoms with Gasteiger partial charge in [-0.25, -0.2) is 4.39 Å². The van der Waals surface area contributed by atoms with E-state index in [0.717, 1.165) is 0 Å². The Kier molecular flexibility index (Phi) is 4.57. The molecule has 0 radical (unpaired) electrons. The number of benzene rings is 1. The first kappa shape index (κ1) is 15.5. The molecule has 1 atom stereocenters. The highest BCUT2D eigenvalue weighted by Gasteiger charge is 2.36. The second-order valence-corrected chi connectivity index (χ2v) is 6.15. The van der Waals surface area contributed by atoms with Gasteiger partial charge in [0.2, 0.25) is 0 Å². The third-order valence-electron chi connectivity index (χ3n) is 3.12. The molecule has 0 saturated carbocycles. The number of halogens is 3. The van der Waals surface area contributed by atoms with E-state index < -0.39 is 17.3 Å². The van der Waals surface area contributed by atoms with E-state index in [1.54, 1.807) is 4.90 Å². The summed E-state index contributed by atoms with van der Waals surface area (Å²) in [5, 5.41) is 0.113. The molecular formula is C14H16Cl2FNO2. The van der Waals surface area contributed by atoms with Gasteiger partial charge in [-0.3, -0.25) is 4.79 Å². The van der Waals surface area contributed by atoms with Gasteiger partial charge in [0, 0.05) is 13.1 Å². The molecule has 0 bridgehead atoms. The van der Waals surface area contributed by atoms with Gasteiger partial charge in [-0.15, -0.1) is 11.6 Å². The maximum absolute atomic E-state index is 13.8. The van der Waals surface area contributed by atoms with Crippen molar-refractivity contribution in [2.24, 2.45) is 0 Å². The van der Waals surface area contributed by atoms with Crippen molar-refractivity contribution in [3.63, 3.8) is 0 Å².